The fourth-order valence-corrected chi connectivity index (χ4v) is 4.76. The Hall–Kier alpha value is -0.0800. The van der Waals surface area contributed by atoms with Crippen molar-refractivity contribution in [2.45, 2.75) is 93.2 Å². The molecule has 2 heterocycles. The van der Waals surface area contributed by atoms with Crippen molar-refractivity contribution in [1.82, 2.24) is 0 Å². The van der Waals surface area contributed by atoms with E-state index in [2.05, 4.69) is 62.3 Å². The van der Waals surface area contributed by atoms with Gasteiger partial charge in [-0.05, 0) is 54.8 Å². The molecule has 0 aromatic carbocycles. The molecule has 2 nitrogen and oxygen atoms in total. The lowest BCUT2D eigenvalue weighted by molar-refractivity contribution is -0.233. The summed E-state index contributed by atoms with van der Waals surface area (Å²) in [5, 5.41) is 0. The molecule has 2 heteroatoms. The fourth-order valence-electron chi connectivity index (χ4n) is 4.76. The Bertz CT molecular complexity index is 380. The summed E-state index contributed by atoms with van der Waals surface area (Å²) in [6, 6.07) is 0. The van der Waals surface area contributed by atoms with Crippen molar-refractivity contribution in [3.8, 4) is 0 Å². The zero-order valence-electron chi connectivity index (χ0n) is 16.9. The molecule has 23 heavy (non-hydrogen) atoms. The largest absolute Gasteiger partial charge is 0.372 e. The first kappa shape index (κ1) is 19.2. The first-order chi connectivity index (χ1) is 10.6. The monoisotopic (exact) mass is 324 g/mol. The van der Waals surface area contributed by atoms with Gasteiger partial charge in [-0.25, -0.2) is 0 Å². The van der Waals surface area contributed by atoms with Crippen molar-refractivity contribution in [2.24, 2.45) is 41.4 Å². The normalized spacial score (nSPS) is 51.9. The van der Waals surface area contributed by atoms with E-state index in [9.17, 15) is 0 Å². The summed E-state index contributed by atoms with van der Waals surface area (Å²) >= 11 is 0. The van der Waals surface area contributed by atoms with E-state index in [1.54, 1.807) is 0 Å². The van der Waals surface area contributed by atoms with Gasteiger partial charge in [0.2, 0.25) is 0 Å². The van der Waals surface area contributed by atoms with Gasteiger partial charge in [0, 0.05) is 0 Å². The van der Waals surface area contributed by atoms with Crippen molar-refractivity contribution in [3.05, 3.63) is 0 Å². The minimum atomic E-state index is 0.246. The lowest BCUT2D eigenvalue weighted by atomic mass is 9.69. The summed E-state index contributed by atoms with van der Waals surface area (Å²) in [6.07, 6.45) is 2.37. The molecule has 0 N–H and O–H groups in total. The molecule has 0 amide bonds. The van der Waals surface area contributed by atoms with Crippen LogP contribution in [0.1, 0.15) is 68.7 Å². The van der Waals surface area contributed by atoms with Crippen LogP contribution in [-0.4, -0.2) is 24.4 Å². The van der Waals surface area contributed by atoms with Gasteiger partial charge in [-0.15, -0.1) is 0 Å². The summed E-state index contributed by atoms with van der Waals surface area (Å²) < 4.78 is 13.2. The van der Waals surface area contributed by atoms with E-state index < -0.39 is 0 Å². The van der Waals surface area contributed by atoms with Crippen LogP contribution in [0.15, 0.2) is 0 Å². The molecule has 0 aliphatic carbocycles. The van der Waals surface area contributed by atoms with Crippen LogP contribution in [0.5, 0.6) is 0 Å². The van der Waals surface area contributed by atoms with Crippen molar-refractivity contribution in [2.75, 3.05) is 0 Å². The van der Waals surface area contributed by atoms with Gasteiger partial charge in [-0.2, -0.15) is 0 Å². The highest BCUT2D eigenvalue weighted by atomic mass is 16.6. The Morgan fingerprint density at radius 3 is 1.61 bits per heavy atom. The molecule has 2 rings (SSSR count). The van der Waals surface area contributed by atoms with Crippen molar-refractivity contribution in [1.29, 1.82) is 0 Å². The zero-order valence-corrected chi connectivity index (χ0v) is 16.9. The molecule has 0 spiro atoms. The second-order valence-corrected chi connectivity index (χ2v) is 9.23. The van der Waals surface area contributed by atoms with Crippen LogP contribution in [0.4, 0.5) is 0 Å². The van der Waals surface area contributed by atoms with Gasteiger partial charge in [-0.3, -0.25) is 0 Å². The van der Waals surface area contributed by atoms with Gasteiger partial charge >= 0.3 is 0 Å². The van der Waals surface area contributed by atoms with Crippen molar-refractivity contribution < 1.29 is 9.47 Å². The number of hydrogen-bond acceptors (Lipinski definition) is 2. The molecule has 10 atom stereocenters. The maximum atomic E-state index is 6.71. The van der Waals surface area contributed by atoms with E-state index in [1.165, 1.54) is 0 Å². The first-order valence-corrected chi connectivity index (χ1v) is 9.96. The molecule has 0 aromatic heterocycles. The molecule has 0 saturated carbocycles. The Balaban J connectivity index is 2.19. The second-order valence-electron chi connectivity index (χ2n) is 9.23. The van der Waals surface area contributed by atoms with Crippen LogP contribution >= 0.6 is 0 Å². The zero-order chi connectivity index (χ0) is 17.5. The molecule has 2 aliphatic rings. The third kappa shape index (κ3) is 3.79. The highest BCUT2D eigenvalue weighted by Gasteiger charge is 2.48. The highest BCUT2D eigenvalue weighted by molar-refractivity contribution is 4.95. The molecule has 2 saturated heterocycles. The Morgan fingerprint density at radius 2 is 1.09 bits per heavy atom. The molecular weight excluding hydrogens is 284 g/mol. The minimum absolute atomic E-state index is 0.246. The Morgan fingerprint density at radius 1 is 0.609 bits per heavy atom. The summed E-state index contributed by atoms with van der Waals surface area (Å²) in [6.45, 7) is 21.1. The van der Waals surface area contributed by atoms with Gasteiger partial charge in [0.05, 0.1) is 24.4 Å². The summed E-state index contributed by atoms with van der Waals surface area (Å²) in [4.78, 5) is 0. The summed E-state index contributed by atoms with van der Waals surface area (Å²) in [5.41, 5.74) is 0. The van der Waals surface area contributed by atoms with Crippen LogP contribution in [0, 0.1) is 41.4 Å². The van der Waals surface area contributed by atoms with E-state index in [0.717, 1.165) is 6.42 Å². The molecule has 0 bridgehead atoms. The van der Waals surface area contributed by atoms with E-state index in [0.29, 0.717) is 53.6 Å². The second kappa shape index (κ2) is 7.44. The number of hydrogen-bond donors (Lipinski definition) is 0. The predicted octanol–water partition coefficient (Wildman–Crippen LogP) is 5.40. The SMILES string of the molecule is CC(C)CC1OC(C2OC(C)C(C)C(C)C2C)C(C)C(C)C1C. The van der Waals surface area contributed by atoms with Crippen LogP contribution in [0.3, 0.4) is 0 Å². The molecule has 0 radical (unpaired) electrons. The van der Waals surface area contributed by atoms with Crippen LogP contribution in [0.25, 0.3) is 0 Å². The fraction of sp³-hybridized carbons (Fsp3) is 1.00. The molecule has 136 valence electrons. The van der Waals surface area contributed by atoms with Gasteiger partial charge in [-0.1, -0.05) is 55.4 Å². The van der Waals surface area contributed by atoms with Gasteiger partial charge in [0.25, 0.3) is 0 Å². The third-order valence-electron chi connectivity index (χ3n) is 7.41. The maximum absolute atomic E-state index is 6.71. The van der Waals surface area contributed by atoms with Crippen molar-refractivity contribution >= 4 is 0 Å². The van der Waals surface area contributed by atoms with Crippen molar-refractivity contribution in [3.63, 3.8) is 0 Å². The van der Waals surface area contributed by atoms with E-state index in [4.69, 9.17) is 9.47 Å². The molecule has 0 aromatic rings. The topological polar surface area (TPSA) is 18.5 Å². The standard InChI is InChI=1S/C21H40O2/c1-11(2)10-19-15(6)13(4)17(8)21(23-19)20-16(7)12(3)14(5)18(9)22-20/h11-21H,10H2,1-9H3. The lowest BCUT2D eigenvalue weighted by Crippen LogP contribution is -2.56. The summed E-state index contributed by atoms with van der Waals surface area (Å²) in [5.74, 6) is 4.46. The quantitative estimate of drug-likeness (QED) is 0.691. The van der Waals surface area contributed by atoms with E-state index >= 15 is 0 Å². The lowest BCUT2D eigenvalue weighted by Gasteiger charge is -2.52. The number of rotatable bonds is 3. The van der Waals surface area contributed by atoms with Crippen LogP contribution < -0.4 is 0 Å². The Labute approximate surface area is 144 Å². The molecular formula is C21H40O2. The molecule has 2 aliphatic heterocycles. The van der Waals surface area contributed by atoms with Gasteiger partial charge in [0.15, 0.2) is 0 Å². The first-order valence-electron chi connectivity index (χ1n) is 9.96. The van der Waals surface area contributed by atoms with E-state index in [1.807, 2.05) is 0 Å². The van der Waals surface area contributed by atoms with E-state index in [-0.39, 0.29) is 12.2 Å². The highest BCUT2D eigenvalue weighted by Crippen LogP contribution is 2.44. The predicted molar refractivity (Wildman–Crippen MR) is 97.4 cm³/mol. The molecule has 2 fully saturated rings. The smallest absolute Gasteiger partial charge is 0.0871 e. The minimum Gasteiger partial charge on any atom is -0.372 e. The number of ether oxygens (including phenoxy) is 2. The average molecular weight is 325 g/mol. The molecule has 10 unspecified atom stereocenters. The van der Waals surface area contributed by atoms with Gasteiger partial charge in [0.1, 0.15) is 0 Å². The maximum Gasteiger partial charge on any atom is 0.0871 e. The van der Waals surface area contributed by atoms with Crippen LogP contribution in [0.2, 0.25) is 0 Å². The average Bonchev–Trinajstić information content (AvgIpc) is 2.49. The third-order valence-corrected chi connectivity index (χ3v) is 7.41. The summed E-state index contributed by atoms with van der Waals surface area (Å²) in [7, 11) is 0. The Kier molecular flexibility index (Phi) is 6.22. The van der Waals surface area contributed by atoms with Crippen LogP contribution in [-0.2, 0) is 9.47 Å². The van der Waals surface area contributed by atoms with Gasteiger partial charge < -0.3 is 9.47 Å².